The maximum atomic E-state index is 12.6. The van der Waals surface area contributed by atoms with E-state index in [9.17, 15) is 4.79 Å². The van der Waals surface area contributed by atoms with Crippen molar-refractivity contribution in [3.05, 3.63) is 59.8 Å². The lowest BCUT2D eigenvalue weighted by molar-refractivity contribution is 0.0263. The SMILES string of the molecule is Cc1ccc(Sc2ccc3ccnc(N4CCCN(C(=O)OC(C)(C)C)CC4)c3c2)cc1C. The van der Waals surface area contributed by atoms with Gasteiger partial charge >= 0.3 is 6.09 Å². The van der Waals surface area contributed by atoms with Gasteiger partial charge in [0.05, 0.1) is 0 Å². The molecule has 0 bridgehead atoms. The zero-order valence-corrected chi connectivity index (χ0v) is 21.0. The average Bonchev–Trinajstić information content (AvgIpc) is 3.01. The molecular formula is C27H33N3O2S. The van der Waals surface area contributed by atoms with Crippen LogP contribution < -0.4 is 4.90 Å². The van der Waals surface area contributed by atoms with Crippen LogP contribution in [0.15, 0.2) is 58.5 Å². The molecule has 1 aromatic heterocycles. The smallest absolute Gasteiger partial charge is 0.410 e. The van der Waals surface area contributed by atoms with E-state index in [1.54, 1.807) is 11.8 Å². The van der Waals surface area contributed by atoms with E-state index in [2.05, 4.69) is 61.2 Å². The molecule has 4 rings (SSSR count). The molecule has 0 spiro atoms. The summed E-state index contributed by atoms with van der Waals surface area (Å²) in [5.41, 5.74) is 2.14. The first-order valence-electron chi connectivity index (χ1n) is 11.6. The molecule has 1 aliphatic rings. The number of anilines is 1. The highest BCUT2D eigenvalue weighted by atomic mass is 32.2. The molecule has 1 fully saturated rings. The largest absolute Gasteiger partial charge is 0.444 e. The van der Waals surface area contributed by atoms with Gasteiger partial charge in [-0.25, -0.2) is 9.78 Å². The van der Waals surface area contributed by atoms with Crippen molar-refractivity contribution in [3.63, 3.8) is 0 Å². The van der Waals surface area contributed by atoms with Crippen LogP contribution >= 0.6 is 11.8 Å². The van der Waals surface area contributed by atoms with Crippen molar-refractivity contribution >= 4 is 34.4 Å². The second kappa shape index (κ2) is 9.64. The van der Waals surface area contributed by atoms with E-state index >= 15 is 0 Å². The van der Waals surface area contributed by atoms with Crippen LogP contribution in [-0.4, -0.2) is 47.8 Å². The predicted octanol–water partition coefficient (Wildman–Crippen LogP) is 6.45. The second-order valence-electron chi connectivity index (χ2n) is 9.67. The lowest BCUT2D eigenvalue weighted by atomic mass is 10.1. The zero-order valence-electron chi connectivity index (χ0n) is 20.2. The number of carbonyl (C=O) groups is 1. The second-order valence-corrected chi connectivity index (χ2v) is 10.8. The minimum atomic E-state index is -0.482. The summed E-state index contributed by atoms with van der Waals surface area (Å²) in [6.07, 6.45) is 2.53. The maximum Gasteiger partial charge on any atom is 0.410 e. The highest BCUT2D eigenvalue weighted by molar-refractivity contribution is 7.99. The first kappa shape index (κ1) is 23.4. The van der Waals surface area contributed by atoms with Crippen LogP contribution in [0.2, 0.25) is 0 Å². The number of fused-ring (bicyclic) bond motifs is 1. The topological polar surface area (TPSA) is 45.7 Å². The molecule has 0 N–H and O–H groups in total. The first-order chi connectivity index (χ1) is 15.7. The molecule has 2 heterocycles. The molecule has 0 saturated carbocycles. The van der Waals surface area contributed by atoms with E-state index < -0.39 is 5.60 Å². The Labute approximate surface area is 201 Å². The number of rotatable bonds is 3. The predicted molar refractivity (Wildman–Crippen MR) is 136 cm³/mol. The van der Waals surface area contributed by atoms with Crippen LogP contribution in [-0.2, 0) is 4.74 Å². The van der Waals surface area contributed by atoms with Crippen molar-refractivity contribution in [1.29, 1.82) is 0 Å². The average molecular weight is 464 g/mol. The molecular weight excluding hydrogens is 430 g/mol. The summed E-state index contributed by atoms with van der Waals surface area (Å²) in [7, 11) is 0. The third kappa shape index (κ3) is 5.80. The Bertz CT molecular complexity index is 1160. The number of pyridine rings is 1. The van der Waals surface area contributed by atoms with Crippen LogP contribution in [0, 0.1) is 13.8 Å². The lowest BCUT2D eigenvalue weighted by Crippen LogP contribution is -2.39. The van der Waals surface area contributed by atoms with Crippen molar-refractivity contribution in [1.82, 2.24) is 9.88 Å². The van der Waals surface area contributed by atoms with E-state index in [0.717, 1.165) is 30.7 Å². The number of ether oxygens (including phenoxy) is 1. The number of amides is 1. The minimum Gasteiger partial charge on any atom is -0.444 e. The number of nitrogens with zero attached hydrogens (tertiary/aromatic N) is 3. The summed E-state index contributed by atoms with van der Waals surface area (Å²) in [6, 6.07) is 15.3. The monoisotopic (exact) mass is 463 g/mol. The van der Waals surface area contributed by atoms with Crippen molar-refractivity contribution in [2.24, 2.45) is 0 Å². The van der Waals surface area contributed by atoms with Gasteiger partial charge < -0.3 is 14.5 Å². The third-order valence-corrected chi connectivity index (χ3v) is 6.86. The molecule has 0 aliphatic carbocycles. The van der Waals surface area contributed by atoms with Crippen molar-refractivity contribution in [2.45, 2.75) is 56.4 Å². The Kier molecular flexibility index (Phi) is 6.84. The Morgan fingerprint density at radius 2 is 1.70 bits per heavy atom. The van der Waals surface area contributed by atoms with Crippen LogP contribution in [0.3, 0.4) is 0 Å². The molecule has 0 atom stereocenters. The normalized spacial score (nSPS) is 14.9. The summed E-state index contributed by atoms with van der Waals surface area (Å²) in [4.78, 5) is 23.9. The Morgan fingerprint density at radius 3 is 2.45 bits per heavy atom. The molecule has 2 aromatic carbocycles. The summed E-state index contributed by atoms with van der Waals surface area (Å²) >= 11 is 1.78. The molecule has 33 heavy (non-hydrogen) atoms. The van der Waals surface area contributed by atoms with Gasteiger partial charge in [0.1, 0.15) is 11.4 Å². The molecule has 0 unspecified atom stereocenters. The van der Waals surface area contributed by atoms with Gasteiger partial charge in [-0.3, -0.25) is 0 Å². The van der Waals surface area contributed by atoms with Crippen LogP contribution in [0.25, 0.3) is 10.8 Å². The van der Waals surface area contributed by atoms with Gasteiger partial charge in [0.25, 0.3) is 0 Å². The molecule has 1 saturated heterocycles. The Hall–Kier alpha value is -2.73. The first-order valence-corrected chi connectivity index (χ1v) is 12.4. The molecule has 3 aromatic rings. The van der Waals surface area contributed by atoms with Gasteiger partial charge in [-0.2, -0.15) is 0 Å². The Balaban J connectivity index is 1.55. The zero-order chi connectivity index (χ0) is 23.6. The fourth-order valence-electron chi connectivity index (χ4n) is 4.00. The fraction of sp³-hybridized carbons (Fsp3) is 0.407. The van der Waals surface area contributed by atoms with E-state index in [-0.39, 0.29) is 6.09 Å². The van der Waals surface area contributed by atoms with Crippen LogP contribution in [0.4, 0.5) is 10.6 Å². The van der Waals surface area contributed by atoms with Gasteiger partial charge in [-0.15, -0.1) is 0 Å². The number of aromatic nitrogens is 1. The molecule has 6 heteroatoms. The summed E-state index contributed by atoms with van der Waals surface area (Å²) in [5.74, 6) is 0.987. The number of hydrogen-bond donors (Lipinski definition) is 0. The highest BCUT2D eigenvalue weighted by Gasteiger charge is 2.25. The van der Waals surface area contributed by atoms with Gasteiger partial charge in [0.2, 0.25) is 0 Å². The van der Waals surface area contributed by atoms with E-state index in [0.29, 0.717) is 13.1 Å². The molecule has 1 amide bonds. The van der Waals surface area contributed by atoms with Crippen molar-refractivity contribution < 1.29 is 9.53 Å². The standard InChI is InChI=1S/C27H33N3O2S/c1-19-7-9-22(17-20(19)2)33-23-10-8-21-11-12-28-25(24(21)18-23)29-13-6-14-30(16-15-29)26(31)32-27(3,4)5/h7-12,17-18H,6,13-16H2,1-5H3. The minimum absolute atomic E-state index is 0.234. The highest BCUT2D eigenvalue weighted by Crippen LogP contribution is 2.34. The van der Waals surface area contributed by atoms with E-state index in [1.807, 2.05) is 31.9 Å². The number of carbonyl (C=O) groups excluding carboxylic acids is 1. The third-order valence-electron chi connectivity index (χ3n) is 5.88. The van der Waals surface area contributed by atoms with Crippen molar-refractivity contribution in [3.8, 4) is 0 Å². The Morgan fingerprint density at radius 1 is 0.939 bits per heavy atom. The van der Waals surface area contributed by atoms with Crippen LogP contribution in [0.5, 0.6) is 0 Å². The number of aryl methyl sites for hydroxylation is 2. The lowest BCUT2D eigenvalue weighted by Gasteiger charge is -2.27. The molecule has 5 nitrogen and oxygen atoms in total. The summed E-state index contributed by atoms with van der Waals surface area (Å²) < 4.78 is 5.58. The quantitative estimate of drug-likeness (QED) is 0.447. The molecule has 174 valence electrons. The van der Waals surface area contributed by atoms with Gasteiger partial charge in [-0.05, 0) is 87.9 Å². The maximum absolute atomic E-state index is 12.6. The van der Waals surface area contributed by atoms with E-state index in [1.165, 1.54) is 26.3 Å². The fourth-order valence-corrected chi connectivity index (χ4v) is 4.96. The van der Waals surface area contributed by atoms with Crippen LogP contribution in [0.1, 0.15) is 38.3 Å². The number of hydrogen-bond acceptors (Lipinski definition) is 5. The molecule has 0 radical (unpaired) electrons. The van der Waals surface area contributed by atoms with E-state index in [4.69, 9.17) is 9.72 Å². The summed E-state index contributed by atoms with van der Waals surface area (Å²) in [6.45, 7) is 12.9. The molecule has 1 aliphatic heterocycles. The summed E-state index contributed by atoms with van der Waals surface area (Å²) in [5, 5.41) is 2.33. The number of benzene rings is 2. The van der Waals surface area contributed by atoms with Crippen molar-refractivity contribution in [2.75, 3.05) is 31.1 Å². The van der Waals surface area contributed by atoms with Gasteiger partial charge in [-0.1, -0.05) is 23.9 Å². The van der Waals surface area contributed by atoms with Gasteiger partial charge in [0, 0.05) is 47.6 Å². The van der Waals surface area contributed by atoms with Gasteiger partial charge in [0.15, 0.2) is 0 Å².